The predicted octanol–water partition coefficient (Wildman–Crippen LogP) is 8.63. The van der Waals surface area contributed by atoms with E-state index in [1.54, 1.807) is 0 Å². The molecule has 1 aromatic carbocycles. The minimum Gasteiger partial charge on any atom is -0.490 e. The first-order valence-electron chi connectivity index (χ1n) is 15.2. The lowest BCUT2D eigenvalue weighted by molar-refractivity contribution is -0.126. The third-order valence-corrected chi connectivity index (χ3v) is 12.8. The van der Waals surface area contributed by atoms with Crippen LogP contribution in [0.15, 0.2) is 24.3 Å². The van der Waals surface area contributed by atoms with Crippen LogP contribution in [0.3, 0.4) is 0 Å². The first-order chi connectivity index (χ1) is 17.8. The highest BCUT2D eigenvalue weighted by atomic mass is 32.1. The molecule has 4 nitrogen and oxygen atoms in total. The van der Waals surface area contributed by atoms with Crippen molar-refractivity contribution in [1.29, 1.82) is 0 Å². The maximum absolute atomic E-state index is 6.57. The molecule has 6 rings (SSSR count). The van der Waals surface area contributed by atoms with Crippen LogP contribution in [0.4, 0.5) is 5.13 Å². The fraction of sp³-hybridized carbons (Fsp3) is 0.750. The number of anilines is 1. The Balaban J connectivity index is 1.11. The van der Waals surface area contributed by atoms with Crippen molar-refractivity contribution >= 4 is 16.5 Å². The highest BCUT2D eigenvalue weighted by Crippen LogP contribution is 2.68. The molecule has 0 aliphatic heterocycles. The van der Waals surface area contributed by atoms with Gasteiger partial charge in [0.2, 0.25) is 5.13 Å². The Morgan fingerprint density at radius 1 is 0.973 bits per heavy atom. The van der Waals surface area contributed by atoms with Gasteiger partial charge in [-0.3, -0.25) is 0 Å². The molecule has 0 bridgehead atoms. The van der Waals surface area contributed by atoms with Crippen molar-refractivity contribution in [1.82, 2.24) is 10.2 Å². The highest BCUT2D eigenvalue weighted by Gasteiger charge is 2.60. The molecule has 5 heteroatoms. The van der Waals surface area contributed by atoms with Gasteiger partial charge >= 0.3 is 0 Å². The fourth-order valence-electron chi connectivity index (χ4n) is 10.2. The molecule has 2 N–H and O–H groups in total. The summed E-state index contributed by atoms with van der Waals surface area (Å²) >= 11 is 1.43. The Labute approximate surface area is 228 Å². The van der Waals surface area contributed by atoms with Crippen molar-refractivity contribution in [3.8, 4) is 16.3 Å². The van der Waals surface area contributed by atoms with Gasteiger partial charge in [-0.05, 0) is 128 Å². The molecule has 1 aromatic heterocycles. The molecular weight excluding hydrogens is 474 g/mol. The molecule has 1 heterocycles. The van der Waals surface area contributed by atoms with Crippen molar-refractivity contribution < 1.29 is 4.74 Å². The molecule has 0 radical (unpaired) electrons. The molecule has 4 fully saturated rings. The van der Waals surface area contributed by atoms with Crippen LogP contribution in [0.25, 0.3) is 10.6 Å². The summed E-state index contributed by atoms with van der Waals surface area (Å²) in [6.07, 6.45) is 15.7. The van der Waals surface area contributed by atoms with E-state index >= 15 is 0 Å². The summed E-state index contributed by atoms with van der Waals surface area (Å²) in [5.74, 6) is 6.55. The van der Waals surface area contributed by atoms with Gasteiger partial charge in [-0.1, -0.05) is 51.9 Å². The summed E-state index contributed by atoms with van der Waals surface area (Å²) in [6.45, 7) is 10.3. The topological polar surface area (TPSA) is 61.0 Å². The van der Waals surface area contributed by atoms with Crippen molar-refractivity contribution in [3.63, 3.8) is 0 Å². The summed E-state index contributed by atoms with van der Waals surface area (Å²) in [5, 5.41) is 9.48. The van der Waals surface area contributed by atoms with E-state index in [1.165, 1.54) is 82.0 Å². The second kappa shape index (κ2) is 9.84. The smallest absolute Gasteiger partial charge is 0.203 e. The molecule has 202 valence electrons. The maximum Gasteiger partial charge on any atom is 0.203 e. The van der Waals surface area contributed by atoms with Crippen molar-refractivity contribution in [3.05, 3.63) is 24.3 Å². The van der Waals surface area contributed by atoms with Gasteiger partial charge in [-0.15, -0.1) is 10.2 Å². The number of fused-ring (bicyclic) bond motifs is 5. The number of nitrogen functional groups attached to an aromatic ring is 1. The number of ether oxygens (including phenoxy) is 1. The van der Waals surface area contributed by atoms with E-state index < -0.39 is 0 Å². The summed E-state index contributed by atoms with van der Waals surface area (Å²) in [5.41, 5.74) is 7.93. The van der Waals surface area contributed by atoms with Crippen LogP contribution >= 0.6 is 11.3 Å². The van der Waals surface area contributed by atoms with Crippen LogP contribution < -0.4 is 10.5 Å². The Morgan fingerprint density at radius 3 is 2.46 bits per heavy atom. The Bertz CT molecular complexity index is 1080. The predicted molar refractivity (Wildman–Crippen MR) is 153 cm³/mol. The Kier molecular flexibility index (Phi) is 6.82. The van der Waals surface area contributed by atoms with Crippen molar-refractivity contribution in [2.45, 2.75) is 104 Å². The second-order valence-corrected chi connectivity index (χ2v) is 14.6. The highest BCUT2D eigenvalue weighted by molar-refractivity contribution is 7.18. The van der Waals surface area contributed by atoms with E-state index in [2.05, 4.69) is 62.2 Å². The average Bonchev–Trinajstić information content (AvgIpc) is 3.48. The zero-order chi connectivity index (χ0) is 25.8. The van der Waals surface area contributed by atoms with E-state index in [9.17, 15) is 0 Å². The lowest BCUT2D eigenvalue weighted by Gasteiger charge is -2.61. The van der Waals surface area contributed by atoms with E-state index in [0.717, 1.165) is 51.8 Å². The molecule has 4 saturated carbocycles. The van der Waals surface area contributed by atoms with Crippen molar-refractivity contribution in [2.24, 2.45) is 46.3 Å². The monoisotopic (exact) mass is 521 g/mol. The largest absolute Gasteiger partial charge is 0.490 e. The first-order valence-corrected chi connectivity index (χ1v) is 16.0. The van der Waals surface area contributed by atoms with Crippen LogP contribution in [0.2, 0.25) is 0 Å². The first kappa shape index (κ1) is 25.6. The number of nitrogens with zero attached hydrogens (tertiary/aromatic N) is 2. The zero-order valence-corrected chi connectivity index (χ0v) is 24.2. The van der Waals surface area contributed by atoms with Gasteiger partial charge < -0.3 is 10.5 Å². The van der Waals surface area contributed by atoms with Crippen LogP contribution in [0, 0.1) is 46.3 Å². The van der Waals surface area contributed by atoms with E-state index in [1.807, 2.05) is 0 Å². The third kappa shape index (κ3) is 4.41. The second-order valence-electron chi connectivity index (χ2n) is 13.6. The number of nitrogens with two attached hydrogens (primary N) is 1. The molecule has 0 spiro atoms. The standard InChI is InChI=1S/C32H47N3OS/c1-5-6-20(2)26-13-14-27-25-12-9-22-19-24(15-17-31(22,3)28(25)16-18-32(26,27)4)36-23-10-7-21(8-11-23)29-34-35-30(33)37-29/h7-8,10-11,20,22,24-28H,5-6,9,12-19H2,1-4H3,(H2,33,35)/t20-,22?,24?,25?,26-,27?,28?,31+,32-/m1/s1. The molecule has 4 aliphatic rings. The van der Waals surface area contributed by atoms with Gasteiger partial charge in [0, 0.05) is 5.56 Å². The average molecular weight is 522 g/mol. The molecule has 5 unspecified atom stereocenters. The molecule has 4 aliphatic carbocycles. The van der Waals surface area contributed by atoms with E-state index in [0.29, 0.717) is 22.1 Å². The van der Waals surface area contributed by atoms with Gasteiger partial charge in [-0.25, -0.2) is 0 Å². The molecule has 2 aromatic rings. The Hall–Kier alpha value is -1.62. The molecule has 0 saturated heterocycles. The van der Waals surface area contributed by atoms with E-state index in [-0.39, 0.29) is 0 Å². The minimum absolute atomic E-state index is 0.345. The lowest BCUT2D eigenvalue weighted by Crippen LogP contribution is -2.54. The zero-order valence-electron chi connectivity index (χ0n) is 23.4. The summed E-state index contributed by atoms with van der Waals surface area (Å²) in [6, 6.07) is 8.36. The number of benzene rings is 1. The number of hydrogen-bond donors (Lipinski definition) is 1. The van der Waals surface area contributed by atoms with Crippen LogP contribution in [-0.4, -0.2) is 16.3 Å². The third-order valence-electron chi connectivity index (χ3n) is 12.0. The lowest BCUT2D eigenvalue weighted by atomic mass is 9.44. The van der Waals surface area contributed by atoms with Crippen LogP contribution in [0.1, 0.15) is 98.3 Å². The number of hydrogen-bond acceptors (Lipinski definition) is 5. The SMILES string of the molecule is CCC[C@@H](C)[C@H]1CCC2C3CCC4CC(Oc5ccc(-c6nnc(N)s6)cc5)CC[C@]4(C)C3CC[C@@]21C. The maximum atomic E-state index is 6.57. The van der Waals surface area contributed by atoms with Gasteiger partial charge in [0.15, 0.2) is 0 Å². The molecule has 37 heavy (non-hydrogen) atoms. The summed E-state index contributed by atoms with van der Waals surface area (Å²) < 4.78 is 6.57. The summed E-state index contributed by atoms with van der Waals surface area (Å²) in [7, 11) is 0. The van der Waals surface area contributed by atoms with Gasteiger partial charge in [-0.2, -0.15) is 0 Å². The Morgan fingerprint density at radius 2 is 1.73 bits per heavy atom. The number of rotatable bonds is 6. The van der Waals surface area contributed by atoms with Crippen LogP contribution in [-0.2, 0) is 0 Å². The van der Waals surface area contributed by atoms with E-state index in [4.69, 9.17) is 10.5 Å². The normalized spacial score (nSPS) is 39.9. The van der Waals surface area contributed by atoms with Gasteiger partial charge in [0.25, 0.3) is 0 Å². The molecular formula is C32H47N3OS. The van der Waals surface area contributed by atoms with Gasteiger partial charge in [0.1, 0.15) is 10.8 Å². The quantitative estimate of drug-likeness (QED) is 0.413. The van der Waals surface area contributed by atoms with Gasteiger partial charge in [0.05, 0.1) is 6.10 Å². The molecule has 9 atom stereocenters. The fourth-order valence-corrected chi connectivity index (χ4v) is 10.8. The van der Waals surface area contributed by atoms with Crippen molar-refractivity contribution in [2.75, 3.05) is 5.73 Å². The summed E-state index contributed by atoms with van der Waals surface area (Å²) in [4.78, 5) is 0. The number of aromatic nitrogens is 2. The van der Waals surface area contributed by atoms with Crippen LogP contribution in [0.5, 0.6) is 5.75 Å². The minimum atomic E-state index is 0.345. The molecule has 0 amide bonds.